The van der Waals surface area contributed by atoms with E-state index in [0.717, 1.165) is 29.8 Å². The molecule has 5 N–H and O–H groups in total. The lowest BCUT2D eigenvalue weighted by Gasteiger charge is -2.11. The summed E-state index contributed by atoms with van der Waals surface area (Å²) in [5.41, 5.74) is 9.23. The van der Waals surface area contributed by atoms with Crippen molar-refractivity contribution in [3.8, 4) is 11.4 Å². The number of nitrogens with one attached hydrogen (secondary N) is 3. The summed E-state index contributed by atoms with van der Waals surface area (Å²) in [5, 5.41) is 18.6. The second kappa shape index (κ2) is 18.9. The van der Waals surface area contributed by atoms with Crippen molar-refractivity contribution in [2.24, 2.45) is 5.73 Å². The van der Waals surface area contributed by atoms with Crippen LogP contribution >= 0.6 is 23.2 Å². The van der Waals surface area contributed by atoms with E-state index < -0.39 is 35.3 Å². The van der Waals surface area contributed by atoms with Crippen LogP contribution in [0.2, 0.25) is 10.0 Å². The molecule has 8 rings (SSSR count). The van der Waals surface area contributed by atoms with E-state index in [1.54, 1.807) is 79.0 Å². The van der Waals surface area contributed by atoms with Crippen molar-refractivity contribution in [2.45, 2.75) is 32.4 Å². The number of anilines is 2. The fourth-order valence-corrected chi connectivity index (χ4v) is 7.06. The van der Waals surface area contributed by atoms with E-state index in [0.29, 0.717) is 55.1 Å². The number of fused-ring (bicyclic) bond motifs is 2. The maximum absolute atomic E-state index is 13.0. The number of carbonyl (C=O) groups excluding carboxylic acids is 3. The van der Waals surface area contributed by atoms with Crippen LogP contribution in [0.1, 0.15) is 49.9 Å². The van der Waals surface area contributed by atoms with Crippen molar-refractivity contribution in [3.05, 3.63) is 177 Å². The van der Waals surface area contributed by atoms with Gasteiger partial charge in [-0.3, -0.25) is 14.4 Å². The Morgan fingerprint density at radius 3 is 1.42 bits per heavy atom. The lowest BCUT2D eigenvalue weighted by Crippen LogP contribution is -2.19. The van der Waals surface area contributed by atoms with E-state index in [-0.39, 0.29) is 35.1 Å². The number of halogens is 8. The van der Waals surface area contributed by atoms with Gasteiger partial charge in [-0.05, 0) is 108 Å². The Bertz CT molecular complexity index is 3060. The van der Waals surface area contributed by atoms with E-state index in [4.69, 9.17) is 28.9 Å². The first-order chi connectivity index (χ1) is 30.9. The maximum atomic E-state index is 13.0. The number of alkyl halides is 6. The molecule has 6 aromatic carbocycles. The predicted octanol–water partition coefficient (Wildman–Crippen LogP) is 11.0. The van der Waals surface area contributed by atoms with Crippen LogP contribution in [0.3, 0.4) is 0 Å². The fraction of sp³-hybridized carbons (Fsp3) is 0.109. The molecule has 2 aromatic heterocycles. The van der Waals surface area contributed by atoms with Gasteiger partial charge in [-0.25, -0.2) is 9.36 Å². The number of nitrogens with zero attached hydrogens (tertiary/aromatic N) is 4. The molecule has 3 amide bonds. The minimum Gasteiger partial charge on any atom is -0.352 e. The first kappa shape index (κ1) is 45.8. The van der Waals surface area contributed by atoms with Crippen LogP contribution in [-0.4, -0.2) is 37.3 Å². The number of hydrogen-bond donors (Lipinski definition) is 4. The van der Waals surface area contributed by atoms with Gasteiger partial charge in [0.2, 0.25) is 5.91 Å². The Hall–Kier alpha value is -7.21. The molecule has 0 saturated heterocycles. The Kier molecular flexibility index (Phi) is 13.3. The van der Waals surface area contributed by atoms with Crippen molar-refractivity contribution < 1.29 is 40.7 Å². The zero-order chi connectivity index (χ0) is 46.6. The van der Waals surface area contributed by atoms with Gasteiger partial charge in [0.15, 0.2) is 0 Å². The highest BCUT2D eigenvalue weighted by Gasteiger charge is 2.31. The monoisotopic (exact) mass is 930 g/mol. The van der Waals surface area contributed by atoms with E-state index in [9.17, 15) is 40.7 Å². The number of carbonyl (C=O) groups is 3. The number of hydrogen-bond acceptors (Lipinski definition) is 6. The SMILES string of the molecule is CC(=O)NCc1ccc(Cl)c(C(=O)Nc2cccc3c2cnn3-c2ccc(C(F)(F)F)cc2)c1.NCc1ccc(Cl)c(C(=O)Nc2cccc3c2cnn3-c2ccc(C(F)(F)F)cc2)c1. The first-order valence-corrected chi connectivity index (χ1v) is 20.1. The van der Waals surface area contributed by atoms with Gasteiger partial charge in [0.1, 0.15) is 0 Å². The molecule has 11 nitrogen and oxygen atoms in total. The minimum atomic E-state index is -4.43. The average Bonchev–Trinajstić information content (AvgIpc) is 3.92. The van der Waals surface area contributed by atoms with Crippen molar-refractivity contribution in [1.29, 1.82) is 0 Å². The molecule has 332 valence electrons. The second-order valence-electron chi connectivity index (χ2n) is 14.3. The summed E-state index contributed by atoms with van der Waals surface area (Å²) in [5.74, 6) is -1.06. The molecule has 0 spiro atoms. The molecule has 8 aromatic rings. The minimum absolute atomic E-state index is 0.197. The Morgan fingerprint density at radius 1 is 0.600 bits per heavy atom. The Labute approximate surface area is 375 Å². The third-order valence-electron chi connectivity index (χ3n) is 9.93. The number of rotatable bonds is 9. The summed E-state index contributed by atoms with van der Waals surface area (Å²) in [6.07, 6.45) is -5.77. The molecule has 0 saturated carbocycles. The molecule has 65 heavy (non-hydrogen) atoms. The lowest BCUT2D eigenvalue weighted by molar-refractivity contribution is -0.138. The summed E-state index contributed by atoms with van der Waals surface area (Å²) < 4.78 is 80.1. The topological polar surface area (TPSA) is 149 Å². The first-order valence-electron chi connectivity index (χ1n) is 19.3. The third kappa shape index (κ3) is 10.4. The fourth-order valence-electron chi connectivity index (χ4n) is 6.65. The average molecular weight is 932 g/mol. The van der Waals surface area contributed by atoms with Gasteiger partial charge >= 0.3 is 12.4 Å². The highest BCUT2D eigenvalue weighted by Crippen LogP contribution is 2.33. The smallest absolute Gasteiger partial charge is 0.352 e. The summed E-state index contributed by atoms with van der Waals surface area (Å²) in [6.45, 7) is 1.92. The van der Waals surface area contributed by atoms with Crippen LogP contribution in [-0.2, 0) is 30.2 Å². The third-order valence-corrected chi connectivity index (χ3v) is 10.6. The molecule has 0 aliphatic carbocycles. The van der Waals surface area contributed by atoms with Gasteiger partial charge in [0.25, 0.3) is 11.8 Å². The van der Waals surface area contributed by atoms with Crippen LogP contribution in [0.5, 0.6) is 0 Å². The number of aromatic nitrogens is 4. The van der Waals surface area contributed by atoms with E-state index in [2.05, 4.69) is 26.1 Å². The summed E-state index contributed by atoms with van der Waals surface area (Å²) in [6, 6.07) is 29.5. The standard InChI is InChI=1S/C24H18ClF3N4O2.C22H16ClF3N4O/c1-14(33)29-12-15-5-10-20(25)18(11-15)23(34)31-21-3-2-4-22-19(21)13-30-32(22)17-8-6-16(7-9-17)24(26,27)28;23-18-9-4-13(11-27)10-16(18)21(31)29-19-2-1-3-20-17(19)12-28-30(20)15-7-5-14(6-8-15)22(24,25)26/h2-11,13H,12H2,1H3,(H,29,33)(H,31,34);1-10,12H,11,27H2,(H,29,31). The van der Waals surface area contributed by atoms with Gasteiger partial charge in [-0.1, -0.05) is 47.5 Å². The van der Waals surface area contributed by atoms with Crippen LogP contribution in [0, 0.1) is 0 Å². The molecule has 19 heteroatoms. The summed E-state index contributed by atoms with van der Waals surface area (Å²) >= 11 is 12.4. The highest BCUT2D eigenvalue weighted by molar-refractivity contribution is 6.35. The van der Waals surface area contributed by atoms with Crippen molar-refractivity contribution in [2.75, 3.05) is 10.6 Å². The van der Waals surface area contributed by atoms with E-state index in [1.807, 2.05) is 0 Å². The Morgan fingerprint density at radius 2 is 1.02 bits per heavy atom. The normalized spacial score (nSPS) is 11.5. The van der Waals surface area contributed by atoms with Crippen molar-refractivity contribution in [3.63, 3.8) is 0 Å². The van der Waals surface area contributed by atoms with Crippen molar-refractivity contribution >= 4 is 74.1 Å². The number of benzene rings is 6. The van der Waals surface area contributed by atoms with Crippen molar-refractivity contribution in [1.82, 2.24) is 24.9 Å². The molecule has 0 aliphatic heterocycles. The molecule has 2 heterocycles. The zero-order valence-corrected chi connectivity index (χ0v) is 35.2. The van der Waals surface area contributed by atoms with Gasteiger partial charge in [0, 0.05) is 30.8 Å². The van der Waals surface area contributed by atoms with E-state index >= 15 is 0 Å². The van der Waals surface area contributed by atoms with Gasteiger partial charge < -0.3 is 21.7 Å². The second-order valence-corrected chi connectivity index (χ2v) is 15.1. The van der Waals surface area contributed by atoms with Gasteiger partial charge in [-0.15, -0.1) is 0 Å². The predicted molar refractivity (Wildman–Crippen MR) is 236 cm³/mol. The number of nitrogens with two attached hydrogens (primary N) is 1. The quantitative estimate of drug-likeness (QED) is 0.106. The zero-order valence-electron chi connectivity index (χ0n) is 33.7. The highest BCUT2D eigenvalue weighted by atomic mass is 35.5. The molecular formula is C46H34Cl2F6N8O3. The van der Waals surface area contributed by atoms with Crippen LogP contribution in [0.4, 0.5) is 37.7 Å². The largest absolute Gasteiger partial charge is 0.416 e. The van der Waals surface area contributed by atoms with E-state index in [1.165, 1.54) is 46.7 Å². The maximum Gasteiger partial charge on any atom is 0.416 e. The Balaban J connectivity index is 0.000000195. The molecule has 0 bridgehead atoms. The molecule has 0 radical (unpaired) electrons. The van der Waals surface area contributed by atoms with Gasteiger partial charge in [-0.2, -0.15) is 36.5 Å². The lowest BCUT2D eigenvalue weighted by atomic mass is 10.1. The molecule has 0 aliphatic rings. The molecule has 0 fully saturated rings. The summed E-state index contributed by atoms with van der Waals surface area (Å²) in [7, 11) is 0. The molecule has 0 unspecified atom stereocenters. The molecule has 0 atom stereocenters. The van der Waals surface area contributed by atoms with Crippen LogP contribution in [0.15, 0.2) is 134 Å². The number of amides is 3. The molecular weight excluding hydrogens is 897 g/mol. The van der Waals surface area contributed by atoms with Crippen LogP contribution in [0.25, 0.3) is 33.2 Å². The summed E-state index contributed by atoms with van der Waals surface area (Å²) in [4.78, 5) is 36.9. The van der Waals surface area contributed by atoms with Crippen LogP contribution < -0.4 is 21.7 Å². The van der Waals surface area contributed by atoms with Gasteiger partial charge in [0.05, 0.1) is 78.5 Å².